The highest BCUT2D eigenvalue weighted by atomic mass is 14.2. The van der Waals surface area contributed by atoms with Crippen molar-refractivity contribution in [3.63, 3.8) is 0 Å². The molecule has 0 saturated heterocycles. The quantitative estimate of drug-likeness (QED) is 0.553. The first-order valence-corrected chi connectivity index (χ1v) is 7.88. The molecule has 0 aromatic heterocycles. The third-order valence-electron chi connectivity index (χ3n) is 4.50. The largest absolute Gasteiger partial charge is 0.0654 e. The van der Waals surface area contributed by atoms with Crippen LogP contribution in [0, 0.1) is 11.8 Å². The van der Waals surface area contributed by atoms with Crippen LogP contribution in [-0.4, -0.2) is 0 Å². The van der Waals surface area contributed by atoms with Crippen LogP contribution in [0.2, 0.25) is 0 Å². The fraction of sp³-hybridized carbons (Fsp3) is 1.00. The average molecular weight is 224 g/mol. The molecule has 1 aliphatic rings. The first-order chi connectivity index (χ1) is 7.88. The Morgan fingerprint density at radius 3 is 1.75 bits per heavy atom. The summed E-state index contributed by atoms with van der Waals surface area (Å²) in [7, 11) is 0. The van der Waals surface area contributed by atoms with E-state index >= 15 is 0 Å². The van der Waals surface area contributed by atoms with Crippen molar-refractivity contribution in [3.05, 3.63) is 0 Å². The highest BCUT2D eigenvalue weighted by Gasteiger charge is 2.18. The predicted octanol–water partition coefficient (Wildman–Crippen LogP) is 5.95. The van der Waals surface area contributed by atoms with Gasteiger partial charge in [0.15, 0.2) is 0 Å². The molecule has 0 aliphatic heterocycles. The zero-order valence-electron chi connectivity index (χ0n) is 11.6. The molecule has 1 atom stereocenters. The number of hydrogen-bond donors (Lipinski definition) is 0. The van der Waals surface area contributed by atoms with Crippen LogP contribution >= 0.6 is 0 Å². The molecule has 0 aromatic rings. The first kappa shape index (κ1) is 14.1. The summed E-state index contributed by atoms with van der Waals surface area (Å²) in [6, 6.07) is 0. The maximum Gasteiger partial charge on any atom is -0.0386 e. The standard InChI is InChI=1S/C16H32/c1-3-12-15(4-2)16-13-10-8-6-5-7-9-11-14-16/h15-16H,3-14H2,1-2H3. The molecule has 1 fully saturated rings. The molecule has 0 spiro atoms. The maximum atomic E-state index is 2.40. The van der Waals surface area contributed by atoms with Crippen LogP contribution in [0.5, 0.6) is 0 Å². The van der Waals surface area contributed by atoms with Gasteiger partial charge in [0.25, 0.3) is 0 Å². The molecule has 0 N–H and O–H groups in total. The normalized spacial score (nSPS) is 22.9. The van der Waals surface area contributed by atoms with Crippen LogP contribution in [0.1, 0.15) is 90.9 Å². The molecule has 16 heavy (non-hydrogen) atoms. The molecule has 1 aliphatic carbocycles. The molecule has 0 heterocycles. The van der Waals surface area contributed by atoms with Gasteiger partial charge in [0, 0.05) is 0 Å². The maximum absolute atomic E-state index is 2.40. The lowest BCUT2D eigenvalue weighted by Gasteiger charge is -2.27. The third-order valence-corrected chi connectivity index (χ3v) is 4.50. The summed E-state index contributed by atoms with van der Waals surface area (Å²) >= 11 is 0. The van der Waals surface area contributed by atoms with Crippen LogP contribution < -0.4 is 0 Å². The van der Waals surface area contributed by atoms with Gasteiger partial charge in [0.05, 0.1) is 0 Å². The summed E-state index contributed by atoms with van der Waals surface area (Å²) in [4.78, 5) is 0. The summed E-state index contributed by atoms with van der Waals surface area (Å²) in [5.74, 6) is 2.09. The second-order valence-corrected chi connectivity index (χ2v) is 5.77. The van der Waals surface area contributed by atoms with E-state index in [4.69, 9.17) is 0 Å². The molecule has 0 heteroatoms. The topological polar surface area (TPSA) is 0 Å². The van der Waals surface area contributed by atoms with Crippen LogP contribution in [-0.2, 0) is 0 Å². The van der Waals surface area contributed by atoms with Gasteiger partial charge in [-0.3, -0.25) is 0 Å². The van der Waals surface area contributed by atoms with Crippen molar-refractivity contribution in [2.24, 2.45) is 11.8 Å². The fourth-order valence-electron chi connectivity index (χ4n) is 3.46. The molecule has 0 aromatic carbocycles. The van der Waals surface area contributed by atoms with Gasteiger partial charge in [-0.2, -0.15) is 0 Å². The summed E-state index contributed by atoms with van der Waals surface area (Å²) in [5, 5.41) is 0. The van der Waals surface area contributed by atoms with Crippen molar-refractivity contribution < 1.29 is 0 Å². The number of rotatable bonds is 4. The van der Waals surface area contributed by atoms with E-state index in [-0.39, 0.29) is 0 Å². The van der Waals surface area contributed by atoms with Gasteiger partial charge in [0.2, 0.25) is 0 Å². The molecule has 0 amide bonds. The van der Waals surface area contributed by atoms with E-state index < -0.39 is 0 Å². The van der Waals surface area contributed by atoms with E-state index in [2.05, 4.69) is 13.8 Å². The second-order valence-electron chi connectivity index (χ2n) is 5.77. The van der Waals surface area contributed by atoms with Gasteiger partial charge in [-0.25, -0.2) is 0 Å². The van der Waals surface area contributed by atoms with Crippen LogP contribution in [0.4, 0.5) is 0 Å². The average Bonchev–Trinajstić information content (AvgIpc) is 2.33. The Kier molecular flexibility index (Phi) is 7.98. The van der Waals surface area contributed by atoms with Crippen molar-refractivity contribution in [2.45, 2.75) is 90.9 Å². The Balaban J connectivity index is 2.38. The molecule has 1 rings (SSSR count). The lowest BCUT2D eigenvalue weighted by atomic mass is 9.79. The van der Waals surface area contributed by atoms with Crippen molar-refractivity contribution in [2.75, 3.05) is 0 Å². The molecular weight excluding hydrogens is 192 g/mol. The van der Waals surface area contributed by atoms with Crippen LogP contribution in [0.25, 0.3) is 0 Å². The lowest BCUT2D eigenvalue weighted by molar-refractivity contribution is 0.250. The summed E-state index contributed by atoms with van der Waals surface area (Å²) in [6.45, 7) is 4.75. The minimum Gasteiger partial charge on any atom is -0.0654 e. The molecule has 96 valence electrons. The highest BCUT2D eigenvalue weighted by Crippen LogP contribution is 2.31. The van der Waals surface area contributed by atoms with Gasteiger partial charge in [-0.1, -0.05) is 90.9 Å². The second kappa shape index (κ2) is 9.07. The Labute approximate surface area is 103 Å². The highest BCUT2D eigenvalue weighted by molar-refractivity contribution is 4.70. The Hall–Kier alpha value is 0. The minimum atomic E-state index is 1.03. The van der Waals surface area contributed by atoms with Gasteiger partial charge >= 0.3 is 0 Å². The lowest BCUT2D eigenvalue weighted by Crippen LogP contribution is -2.15. The molecule has 0 nitrogen and oxygen atoms in total. The van der Waals surface area contributed by atoms with Crippen molar-refractivity contribution >= 4 is 0 Å². The van der Waals surface area contributed by atoms with Crippen LogP contribution in [0.15, 0.2) is 0 Å². The van der Waals surface area contributed by atoms with Gasteiger partial charge in [-0.15, -0.1) is 0 Å². The van der Waals surface area contributed by atoms with E-state index in [9.17, 15) is 0 Å². The monoisotopic (exact) mass is 224 g/mol. The summed E-state index contributed by atoms with van der Waals surface area (Å²) < 4.78 is 0. The first-order valence-electron chi connectivity index (χ1n) is 7.88. The number of hydrogen-bond acceptors (Lipinski definition) is 0. The Morgan fingerprint density at radius 2 is 1.31 bits per heavy atom. The SMILES string of the molecule is CCCC(CC)C1CCCCCCCCC1. The van der Waals surface area contributed by atoms with E-state index in [1.807, 2.05) is 0 Å². The van der Waals surface area contributed by atoms with E-state index in [0.717, 1.165) is 11.8 Å². The summed E-state index contributed by atoms with van der Waals surface area (Å²) in [6.07, 6.45) is 17.8. The molecular formula is C16H32. The zero-order valence-corrected chi connectivity index (χ0v) is 11.6. The minimum absolute atomic E-state index is 1.03. The molecule has 0 radical (unpaired) electrons. The van der Waals surface area contributed by atoms with Gasteiger partial charge in [-0.05, 0) is 11.8 Å². The molecule has 1 unspecified atom stereocenters. The molecule has 0 bridgehead atoms. The zero-order chi connectivity index (χ0) is 11.6. The van der Waals surface area contributed by atoms with Gasteiger partial charge in [0.1, 0.15) is 0 Å². The third kappa shape index (κ3) is 5.37. The van der Waals surface area contributed by atoms with Crippen molar-refractivity contribution in [3.8, 4) is 0 Å². The molecule has 1 saturated carbocycles. The Morgan fingerprint density at radius 1 is 0.812 bits per heavy atom. The smallest absolute Gasteiger partial charge is 0.0386 e. The van der Waals surface area contributed by atoms with Crippen molar-refractivity contribution in [1.29, 1.82) is 0 Å². The summed E-state index contributed by atoms with van der Waals surface area (Å²) in [5.41, 5.74) is 0. The van der Waals surface area contributed by atoms with Crippen LogP contribution in [0.3, 0.4) is 0 Å². The predicted molar refractivity (Wildman–Crippen MR) is 73.7 cm³/mol. The van der Waals surface area contributed by atoms with E-state index in [0.29, 0.717) is 0 Å². The van der Waals surface area contributed by atoms with E-state index in [1.165, 1.54) is 77.0 Å². The fourth-order valence-corrected chi connectivity index (χ4v) is 3.46. The Bertz CT molecular complexity index is 140. The van der Waals surface area contributed by atoms with E-state index in [1.54, 1.807) is 0 Å². The van der Waals surface area contributed by atoms with Crippen molar-refractivity contribution in [1.82, 2.24) is 0 Å². The van der Waals surface area contributed by atoms with Gasteiger partial charge < -0.3 is 0 Å².